The number of benzene rings is 1. The first kappa shape index (κ1) is 19.0. The van der Waals surface area contributed by atoms with E-state index in [2.05, 4.69) is 19.9 Å². The van der Waals surface area contributed by atoms with Crippen LogP contribution in [0.4, 0.5) is 13.2 Å². The maximum Gasteiger partial charge on any atom is 0.332 e. The van der Waals surface area contributed by atoms with Gasteiger partial charge in [0.25, 0.3) is 6.43 Å². The Balaban J connectivity index is 1.86. The Morgan fingerprint density at radius 3 is 2.64 bits per heavy atom. The third-order valence-electron chi connectivity index (χ3n) is 4.06. The normalized spacial score (nSPS) is 16.6. The van der Waals surface area contributed by atoms with Gasteiger partial charge in [0.1, 0.15) is 10.7 Å². The van der Waals surface area contributed by atoms with E-state index in [1.54, 1.807) is 6.92 Å². The van der Waals surface area contributed by atoms with Crippen LogP contribution >= 0.6 is 11.3 Å². The summed E-state index contributed by atoms with van der Waals surface area (Å²) in [6.45, 7) is 1.86. The first-order valence-corrected chi connectivity index (χ1v) is 10.1. The summed E-state index contributed by atoms with van der Waals surface area (Å²) >= 11 is 0.463. The number of nitrogens with zero attached hydrogens (tertiary/aromatic N) is 3. The minimum atomic E-state index is -4.29. The monoisotopic (exact) mass is 435 g/mol. The molecular weight excluding hydrogens is 423 g/mol. The number of fused-ring (bicyclic) bond motifs is 1. The van der Waals surface area contributed by atoms with E-state index in [4.69, 9.17) is 4.74 Å². The van der Waals surface area contributed by atoms with Crippen LogP contribution < -0.4 is 10.4 Å². The molecule has 0 aliphatic carbocycles. The van der Waals surface area contributed by atoms with Gasteiger partial charge < -0.3 is 9.72 Å². The number of ether oxygens (including phenoxy) is 1. The first-order chi connectivity index (χ1) is 13.1. The molecule has 0 unspecified atom stereocenters. The van der Waals surface area contributed by atoms with Crippen LogP contribution in [-0.2, 0) is 14.8 Å². The van der Waals surface area contributed by atoms with Gasteiger partial charge in [-0.15, -0.1) is 10.2 Å². The number of imidazole rings is 1. The Hall–Kier alpha value is -2.29. The minimum absolute atomic E-state index is 0.0200. The molecule has 1 aliphatic rings. The standard InChI is InChI=1S/C14H12F3N5O4S2/c1-14(4-26-5-14)21-28(24,25)9-3-8-7(2-6(9)15)18-12(23)22(8)13-20-19-11(27-13)10(16)17/h2-3,10,21H,4-5H2,1H3,(H,18,23). The summed E-state index contributed by atoms with van der Waals surface area (Å²) < 4.78 is 73.5. The Morgan fingerprint density at radius 2 is 2.07 bits per heavy atom. The molecule has 0 spiro atoms. The lowest BCUT2D eigenvalue weighted by Crippen LogP contribution is -2.59. The highest BCUT2D eigenvalue weighted by Gasteiger charge is 2.38. The highest BCUT2D eigenvalue weighted by Crippen LogP contribution is 2.28. The number of alkyl halides is 2. The largest absolute Gasteiger partial charge is 0.377 e. The van der Waals surface area contributed by atoms with E-state index in [0.717, 1.165) is 16.7 Å². The second-order valence-electron chi connectivity index (χ2n) is 6.45. The summed E-state index contributed by atoms with van der Waals surface area (Å²) in [6.07, 6.45) is -2.88. The number of rotatable bonds is 5. The maximum absolute atomic E-state index is 14.5. The fourth-order valence-electron chi connectivity index (χ4n) is 2.76. The van der Waals surface area contributed by atoms with Crippen molar-refractivity contribution in [1.82, 2.24) is 24.5 Å². The number of nitrogens with one attached hydrogen (secondary N) is 2. The second kappa shape index (κ2) is 6.37. The number of aromatic nitrogens is 4. The summed E-state index contributed by atoms with van der Waals surface area (Å²) in [7, 11) is -4.29. The van der Waals surface area contributed by atoms with Crippen LogP contribution in [0.25, 0.3) is 16.2 Å². The Labute approximate surface area is 159 Å². The molecule has 1 aromatic carbocycles. The van der Waals surface area contributed by atoms with Crippen molar-refractivity contribution in [3.63, 3.8) is 0 Å². The summed E-state index contributed by atoms with van der Waals surface area (Å²) in [4.78, 5) is 13.9. The fraction of sp³-hybridized carbons (Fsp3) is 0.357. The highest BCUT2D eigenvalue weighted by molar-refractivity contribution is 7.89. The molecule has 2 aromatic heterocycles. The van der Waals surface area contributed by atoms with Gasteiger partial charge in [-0.3, -0.25) is 0 Å². The maximum atomic E-state index is 14.5. The van der Waals surface area contributed by atoms with Gasteiger partial charge in [0.2, 0.25) is 15.2 Å². The van der Waals surface area contributed by atoms with Crippen molar-refractivity contribution in [2.24, 2.45) is 0 Å². The molecule has 4 rings (SSSR count). The summed E-state index contributed by atoms with van der Waals surface area (Å²) in [5.41, 5.74) is -1.73. The van der Waals surface area contributed by atoms with Crippen LogP contribution in [0.5, 0.6) is 0 Å². The molecule has 1 fully saturated rings. The van der Waals surface area contributed by atoms with Gasteiger partial charge in [-0.25, -0.2) is 35.7 Å². The molecule has 14 heteroatoms. The van der Waals surface area contributed by atoms with Crippen molar-refractivity contribution in [3.05, 3.63) is 33.4 Å². The predicted octanol–water partition coefficient (Wildman–Crippen LogP) is 1.31. The predicted molar refractivity (Wildman–Crippen MR) is 91.8 cm³/mol. The van der Waals surface area contributed by atoms with E-state index in [1.807, 2.05) is 0 Å². The lowest BCUT2D eigenvalue weighted by molar-refractivity contribution is -0.0523. The van der Waals surface area contributed by atoms with E-state index in [1.165, 1.54) is 0 Å². The summed E-state index contributed by atoms with van der Waals surface area (Å²) in [5, 5.41) is 6.04. The minimum Gasteiger partial charge on any atom is -0.377 e. The van der Waals surface area contributed by atoms with Crippen LogP contribution in [0.3, 0.4) is 0 Å². The molecule has 0 bridgehead atoms. The molecule has 0 atom stereocenters. The molecule has 1 saturated heterocycles. The molecule has 1 aliphatic heterocycles. The number of hydrogen-bond donors (Lipinski definition) is 2. The number of halogens is 3. The van der Waals surface area contributed by atoms with Gasteiger partial charge in [0, 0.05) is 6.07 Å². The lowest BCUT2D eigenvalue weighted by Gasteiger charge is -2.38. The van der Waals surface area contributed by atoms with Crippen LogP contribution in [0.2, 0.25) is 0 Å². The average Bonchev–Trinajstić information content (AvgIpc) is 3.15. The Bertz CT molecular complexity index is 1230. The topological polar surface area (TPSA) is 119 Å². The average molecular weight is 435 g/mol. The molecule has 0 radical (unpaired) electrons. The zero-order valence-electron chi connectivity index (χ0n) is 14.1. The molecule has 0 amide bonds. The van der Waals surface area contributed by atoms with Crippen molar-refractivity contribution >= 4 is 32.4 Å². The number of hydrogen-bond acceptors (Lipinski definition) is 7. The van der Waals surface area contributed by atoms with Gasteiger partial charge in [0.15, 0.2) is 5.01 Å². The van der Waals surface area contributed by atoms with E-state index >= 15 is 0 Å². The molecule has 0 saturated carbocycles. The van der Waals surface area contributed by atoms with Crippen molar-refractivity contribution < 1.29 is 26.3 Å². The zero-order chi connectivity index (χ0) is 20.3. The van der Waals surface area contributed by atoms with Crippen LogP contribution in [-0.4, -0.2) is 46.9 Å². The number of H-pyrrole nitrogens is 1. The molecular formula is C14H12F3N5O4S2. The molecule has 2 N–H and O–H groups in total. The van der Waals surface area contributed by atoms with Crippen LogP contribution in [0.1, 0.15) is 18.4 Å². The molecule has 9 nitrogen and oxygen atoms in total. The molecule has 150 valence electrons. The first-order valence-electron chi connectivity index (χ1n) is 7.78. The SMILES string of the molecule is CC1(NS(=O)(=O)c2cc3c(cc2F)[nH]c(=O)n3-c2nnc(C(F)F)s2)COC1. The van der Waals surface area contributed by atoms with Crippen molar-refractivity contribution in [3.8, 4) is 5.13 Å². The zero-order valence-corrected chi connectivity index (χ0v) is 15.7. The number of aromatic amines is 1. The van der Waals surface area contributed by atoms with Crippen molar-refractivity contribution in [1.29, 1.82) is 0 Å². The molecule has 3 aromatic rings. The molecule has 28 heavy (non-hydrogen) atoms. The molecule has 3 heterocycles. The summed E-state index contributed by atoms with van der Waals surface area (Å²) in [5.74, 6) is -1.08. The van der Waals surface area contributed by atoms with Gasteiger partial charge in [-0.05, 0) is 13.0 Å². The van der Waals surface area contributed by atoms with Crippen molar-refractivity contribution in [2.75, 3.05) is 13.2 Å². The summed E-state index contributed by atoms with van der Waals surface area (Å²) in [6, 6.07) is 1.79. The third-order valence-corrected chi connectivity index (χ3v) is 6.62. The van der Waals surface area contributed by atoms with E-state index in [-0.39, 0.29) is 29.4 Å². The Morgan fingerprint density at radius 1 is 1.36 bits per heavy atom. The quantitative estimate of drug-likeness (QED) is 0.624. The van der Waals surface area contributed by atoms with Gasteiger partial charge in [-0.2, -0.15) is 0 Å². The van der Waals surface area contributed by atoms with E-state index in [0.29, 0.717) is 11.3 Å². The van der Waals surface area contributed by atoms with Gasteiger partial charge >= 0.3 is 5.69 Å². The highest BCUT2D eigenvalue weighted by atomic mass is 32.2. The van der Waals surface area contributed by atoms with Crippen molar-refractivity contribution in [2.45, 2.75) is 23.8 Å². The van der Waals surface area contributed by atoms with E-state index < -0.39 is 43.4 Å². The smallest absolute Gasteiger partial charge is 0.332 e. The Kier molecular flexibility index (Phi) is 4.33. The van der Waals surface area contributed by atoms with Gasteiger partial charge in [0.05, 0.1) is 29.8 Å². The van der Waals surface area contributed by atoms with Gasteiger partial charge in [-0.1, -0.05) is 11.3 Å². The number of sulfonamides is 1. The van der Waals surface area contributed by atoms with Crippen LogP contribution in [0, 0.1) is 5.82 Å². The fourth-order valence-corrected chi connectivity index (χ4v) is 4.93. The lowest BCUT2D eigenvalue weighted by atomic mass is 10.0. The third kappa shape index (κ3) is 3.11. The van der Waals surface area contributed by atoms with Crippen LogP contribution in [0.15, 0.2) is 21.8 Å². The van der Waals surface area contributed by atoms with E-state index in [9.17, 15) is 26.4 Å². The second-order valence-corrected chi connectivity index (χ2v) is 9.09.